The highest BCUT2D eigenvalue weighted by Gasteiger charge is 2.17. The summed E-state index contributed by atoms with van der Waals surface area (Å²) in [6.45, 7) is 1.93. The molecule has 0 saturated heterocycles. The summed E-state index contributed by atoms with van der Waals surface area (Å²) in [6, 6.07) is 4.82. The van der Waals surface area contributed by atoms with E-state index in [1.165, 1.54) is 0 Å². The van der Waals surface area contributed by atoms with E-state index in [-0.39, 0.29) is 11.6 Å². The fourth-order valence-corrected chi connectivity index (χ4v) is 1.96. The zero-order valence-electron chi connectivity index (χ0n) is 7.83. The summed E-state index contributed by atoms with van der Waals surface area (Å²) in [5.74, 6) is -0.940. The second-order valence-electron chi connectivity index (χ2n) is 3.02. The van der Waals surface area contributed by atoms with E-state index in [1.54, 1.807) is 18.2 Å². The molecule has 1 unspecified atom stereocenters. The first-order chi connectivity index (χ1) is 6.57. The fraction of sp³-hybridized carbons (Fsp3) is 0.300. The Kier molecular flexibility index (Phi) is 3.66. The molecule has 0 bridgehead atoms. The van der Waals surface area contributed by atoms with Gasteiger partial charge in [0.25, 0.3) is 0 Å². The third kappa shape index (κ3) is 2.13. The molecule has 1 aromatic carbocycles. The van der Waals surface area contributed by atoms with E-state index >= 15 is 0 Å². The van der Waals surface area contributed by atoms with Crippen LogP contribution in [0.4, 0.5) is 0 Å². The zero-order chi connectivity index (χ0) is 10.7. The molecule has 0 aliphatic carbocycles. The van der Waals surface area contributed by atoms with Gasteiger partial charge in [0.05, 0.1) is 5.56 Å². The predicted molar refractivity (Wildman–Crippen MR) is 58.3 cm³/mol. The molecule has 0 spiro atoms. The normalized spacial score (nSPS) is 12.5. The van der Waals surface area contributed by atoms with Gasteiger partial charge in [-0.15, -0.1) is 0 Å². The van der Waals surface area contributed by atoms with Crippen molar-refractivity contribution < 1.29 is 9.90 Å². The summed E-state index contributed by atoms with van der Waals surface area (Å²) in [7, 11) is 0. The first kappa shape index (κ1) is 11.2. The van der Waals surface area contributed by atoms with Crippen molar-refractivity contribution >= 4 is 21.9 Å². The van der Waals surface area contributed by atoms with Gasteiger partial charge in [0.15, 0.2) is 0 Å². The van der Waals surface area contributed by atoms with Crippen LogP contribution in [0.15, 0.2) is 22.7 Å². The minimum Gasteiger partial charge on any atom is -0.478 e. The van der Waals surface area contributed by atoms with Crippen LogP contribution in [-0.4, -0.2) is 11.1 Å². The van der Waals surface area contributed by atoms with E-state index in [9.17, 15) is 4.79 Å². The van der Waals surface area contributed by atoms with Crippen LogP contribution < -0.4 is 5.73 Å². The molecule has 1 atom stereocenters. The molecule has 0 fully saturated rings. The number of carboxylic acid groups (broad SMARTS) is 1. The standard InChI is InChI=1S/C10H12BrNO2/c1-2-8(12)9-6(10(13)14)4-3-5-7(9)11/h3-5,8H,2,12H2,1H3,(H,13,14). The van der Waals surface area contributed by atoms with Crippen LogP contribution in [0, 0.1) is 0 Å². The van der Waals surface area contributed by atoms with Crippen molar-refractivity contribution in [2.45, 2.75) is 19.4 Å². The third-order valence-electron chi connectivity index (χ3n) is 2.09. The smallest absolute Gasteiger partial charge is 0.336 e. The molecular formula is C10H12BrNO2. The molecule has 76 valence electrons. The number of carbonyl (C=O) groups is 1. The van der Waals surface area contributed by atoms with Crippen LogP contribution in [-0.2, 0) is 0 Å². The summed E-state index contributed by atoms with van der Waals surface area (Å²) in [5.41, 5.74) is 6.78. The average Bonchev–Trinajstić information content (AvgIpc) is 2.16. The lowest BCUT2D eigenvalue weighted by Crippen LogP contribution is -2.14. The Bertz CT molecular complexity index is 352. The van der Waals surface area contributed by atoms with Crippen molar-refractivity contribution in [1.29, 1.82) is 0 Å². The number of carboxylic acids is 1. The van der Waals surface area contributed by atoms with Crippen LogP contribution in [0.2, 0.25) is 0 Å². The maximum Gasteiger partial charge on any atom is 0.336 e. The average molecular weight is 258 g/mol. The number of aromatic carboxylic acids is 1. The molecule has 0 aliphatic heterocycles. The lowest BCUT2D eigenvalue weighted by atomic mass is 9.99. The number of halogens is 1. The van der Waals surface area contributed by atoms with Gasteiger partial charge in [-0.2, -0.15) is 0 Å². The maximum absolute atomic E-state index is 10.9. The van der Waals surface area contributed by atoms with Gasteiger partial charge in [0.1, 0.15) is 0 Å². The molecule has 1 rings (SSSR count). The van der Waals surface area contributed by atoms with Gasteiger partial charge >= 0.3 is 5.97 Å². The van der Waals surface area contributed by atoms with E-state index in [4.69, 9.17) is 10.8 Å². The Labute approximate surface area is 91.1 Å². The molecule has 3 nitrogen and oxygen atoms in total. The van der Waals surface area contributed by atoms with Gasteiger partial charge in [-0.25, -0.2) is 4.79 Å². The lowest BCUT2D eigenvalue weighted by molar-refractivity contribution is 0.0695. The van der Waals surface area contributed by atoms with Gasteiger partial charge in [-0.05, 0) is 24.1 Å². The SMILES string of the molecule is CCC(N)c1c(Br)cccc1C(=O)O. The Hall–Kier alpha value is -0.870. The second-order valence-corrected chi connectivity index (χ2v) is 3.88. The summed E-state index contributed by atoms with van der Waals surface area (Å²) in [5, 5.41) is 8.96. The first-order valence-corrected chi connectivity index (χ1v) is 5.14. The molecule has 0 heterocycles. The lowest BCUT2D eigenvalue weighted by Gasteiger charge is -2.14. The summed E-state index contributed by atoms with van der Waals surface area (Å²) in [6.07, 6.45) is 0.711. The predicted octanol–water partition coefficient (Wildman–Crippen LogP) is 2.56. The highest BCUT2D eigenvalue weighted by atomic mass is 79.9. The third-order valence-corrected chi connectivity index (χ3v) is 2.79. The summed E-state index contributed by atoms with van der Waals surface area (Å²) >= 11 is 3.31. The largest absolute Gasteiger partial charge is 0.478 e. The van der Waals surface area contributed by atoms with Crippen LogP contribution in [0.5, 0.6) is 0 Å². The van der Waals surface area contributed by atoms with E-state index < -0.39 is 5.97 Å². The molecule has 4 heteroatoms. The van der Waals surface area contributed by atoms with E-state index in [2.05, 4.69) is 15.9 Å². The fourth-order valence-electron chi connectivity index (χ4n) is 1.30. The van der Waals surface area contributed by atoms with E-state index in [1.807, 2.05) is 6.92 Å². The Morgan fingerprint density at radius 2 is 2.29 bits per heavy atom. The number of hydrogen-bond donors (Lipinski definition) is 2. The minimum atomic E-state index is -0.940. The maximum atomic E-state index is 10.9. The molecule has 0 saturated carbocycles. The van der Waals surface area contributed by atoms with E-state index in [0.29, 0.717) is 12.0 Å². The van der Waals surface area contributed by atoms with Crippen molar-refractivity contribution in [3.8, 4) is 0 Å². The molecule has 1 aromatic rings. The second kappa shape index (κ2) is 4.57. The molecule has 0 aliphatic rings. The molecular weight excluding hydrogens is 246 g/mol. The zero-order valence-corrected chi connectivity index (χ0v) is 9.41. The number of hydrogen-bond acceptors (Lipinski definition) is 2. The molecule has 0 radical (unpaired) electrons. The van der Waals surface area contributed by atoms with Crippen LogP contribution in [0.1, 0.15) is 35.3 Å². The van der Waals surface area contributed by atoms with Crippen LogP contribution >= 0.6 is 15.9 Å². The quantitative estimate of drug-likeness (QED) is 0.875. The van der Waals surface area contributed by atoms with Crippen molar-refractivity contribution in [2.75, 3.05) is 0 Å². The topological polar surface area (TPSA) is 63.3 Å². The number of nitrogens with two attached hydrogens (primary N) is 1. The van der Waals surface area contributed by atoms with Crippen molar-refractivity contribution in [1.82, 2.24) is 0 Å². The Balaban J connectivity index is 3.29. The van der Waals surface area contributed by atoms with Crippen LogP contribution in [0.3, 0.4) is 0 Å². The Morgan fingerprint density at radius 1 is 1.64 bits per heavy atom. The molecule has 0 aromatic heterocycles. The Morgan fingerprint density at radius 3 is 2.79 bits per heavy atom. The number of rotatable bonds is 3. The first-order valence-electron chi connectivity index (χ1n) is 4.35. The van der Waals surface area contributed by atoms with Gasteiger partial charge in [0, 0.05) is 10.5 Å². The van der Waals surface area contributed by atoms with Crippen molar-refractivity contribution in [3.05, 3.63) is 33.8 Å². The van der Waals surface area contributed by atoms with Gasteiger partial charge in [-0.1, -0.05) is 28.9 Å². The highest BCUT2D eigenvalue weighted by molar-refractivity contribution is 9.10. The van der Waals surface area contributed by atoms with E-state index in [0.717, 1.165) is 4.47 Å². The van der Waals surface area contributed by atoms with Crippen molar-refractivity contribution in [3.63, 3.8) is 0 Å². The molecule has 3 N–H and O–H groups in total. The summed E-state index contributed by atoms with van der Waals surface area (Å²) < 4.78 is 0.756. The van der Waals surface area contributed by atoms with Gasteiger partial charge < -0.3 is 10.8 Å². The monoisotopic (exact) mass is 257 g/mol. The highest BCUT2D eigenvalue weighted by Crippen LogP contribution is 2.27. The van der Waals surface area contributed by atoms with Gasteiger partial charge in [0.2, 0.25) is 0 Å². The minimum absolute atomic E-state index is 0.239. The van der Waals surface area contributed by atoms with Crippen LogP contribution in [0.25, 0.3) is 0 Å². The number of benzene rings is 1. The molecule has 0 amide bonds. The van der Waals surface area contributed by atoms with Crippen molar-refractivity contribution in [2.24, 2.45) is 5.73 Å². The summed E-state index contributed by atoms with van der Waals surface area (Å²) in [4.78, 5) is 10.9. The van der Waals surface area contributed by atoms with Gasteiger partial charge in [-0.3, -0.25) is 0 Å². The molecule has 14 heavy (non-hydrogen) atoms.